The predicted molar refractivity (Wildman–Crippen MR) is 116 cm³/mol. The number of nitrogens with two attached hydrogens (primary N) is 2. The molecule has 17 heteroatoms. The smallest absolute Gasteiger partial charge is 0.351 e. The standard InChI is InChI=1S/C19H23N8O9/c20-7-1-2-26(19(33)25-7)16-11(30)9(28)6(35-16)3-34-18(32)13-10(29)12(31)17(36-13)27-5-24-8-14(21)22-4-23-15(8)27/h1-6,9-13,16-18,28-32H,(H2,20,25,33)(H2,21,22,23)/t6-,9-,10+,11-,12-,13+,16-,17-,18?/m1/s1. The maximum Gasteiger partial charge on any atom is 0.351 e. The fourth-order valence-corrected chi connectivity index (χ4v) is 4.09. The molecule has 2 aliphatic rings. The monoisotopic (exact) mass is 507 g/mol. The summed E-state index contributed by atoms with van der Waals surface area (Å²) in [5, 5.41) is 52.1. The van der Waals surface area contributed by atoms with E-state index in [1.165, 1.54) is 29.5 Å². The topological polar surface area (TPSA) is 259 Å². The first-order valence-electron chi connectivity index (χ1n) is 10.6. The third-order valence-corrected chi connectivity index (χ3v) is 5.97. The third-order valence-electron chi connectivity index (χ3n) is 5.97. The first-order valence-corrected chi connectivity index (χ1v) is 10.6. The van der Waals surface area contributed by atoms with Crippen LogP contribution in [0.2, 0.25) is 0 Å². The van der Waals surface area contributed by atoms with E-state index in [-0.39, 0.29) is 22.8 Å². The van der Waals surface area contributed by atoms with Gasteiger partial charge in [0.2, 0.25) is 0 Å². The van der Waals surface area contributed by atoms with E-state index in [9.17, 15) is 30.3 Å². The number of hydrogen-bond donors (Lipinski definition) is 7. The first kappa shape index (κ1) is 24.4. The molecule has 0 spiro atoms. The Morgan fingerprint density at radius 2 is 1.72 bits per heavy atom. The molecule has 2 aliphatic heterocycles. The van der Waals surface area contributed by atoms with Gasteiger partial charge < -0.3 is 51.2 Å². The summed E-state index contributed by atoms with van der Waals surface area (Å²) < 4.78 is 18.6. The van der Waals surface area contributed by atoms with Crippen molar-refractivity contribution in [3.63, 3.8) is 0 Å². The number of ether oxygens (including phenoxy) is 3. The Kier molecular flexibility index (Phi) is 6.30. The normalized spacial score (nSPS) is 33.4. The van der Waals surface area contributed by atoms with Crippen molar-refractivity contribution in [3.8, 4) is 0 Å². The van der Waals surface area contributed by atoms with Crippen LogP contribution in [0.3, 0.4) is 0 Å². The summed E-state index contributed by atoms with van der Waals surface area (Å²) >= 11 is 0. The quantitative estimate of drug-likeness (QED) is 0.157. The molecule has 5 heterocycles. The maximum atomic E-state index is 12.0. The van der Waals surface area contributed by atoms with Crippen molar-refractivity contribution >= 4 is 22.8 Å². The third kappa shape index (κ3) is 4.06. The maximum absolute atomic E-state index is 12.0. The number of rotatable bonds is 6. The van der Waals surface area contributed by atoms with Gasteiger partial charge in [-0.05, 0) is 6.07 Å². The average Bonchev–Trinajstić information content (AvgIpc) is 3.49. The van der Waals surface area contributed by atoms with Crippen LogP contribution in [0.4, 0.5) is 11.6 Å². The Morgan fingerprint density at radius 1 is 1.00 bits per heavy atom. The summed E-state index contributed by atoms with van der Waals surface area (Å²) in [7, 11) is 0. The van der Waals surface area contributed by atoms with Crippen LogP contribution >= 0.6 is 0 Å². The molecule has 0 aromatic carbocycles. The lowest BCUT2D eigenvalue weighted by Gasteiger charge is -2.23. The minimum atomic E-state index is -1.83. The van der Waals surface area contributed by atoms with Gasteiger partial charge in [0.1, 0.15) is 60.9 Å². The zero-order chi connectivity index (χ0) is 25.7. The van der Waals surface area contributed by atoms with Gasteiger partial charge in [-0.25, -0.2) is 19.7 Å². The van der Waals surface area contributed by atoms with Crippen molar-refractivity contribution in [1.29, 1.82) is 0 Å². The van der Waals surface area contributed by atoms with Crippen LogP contribution < -0.4 is 17.2 Å². The lowest BCUT2D eigenvalue weighted by molar-refractivity contribution is -0.192. The van der Waals surface area contributed by atoms with Gasteiger partial charge in [0.05, 0.1) is 6.33 Å². The van der Waals surface area contributed by atoms with E-state index in [0.717, 1.165) is 11.2 Å². The number of nitrogen functional groups attached to an aromatic ring is 2. The summed E-state index contributed by atoms with van der Waals surface area (Å²) in [4.78, 5) is 27.5. The molecular formula is C19H23N8O9. The summed E-state index contributed by atoms with van der Waals surface area (Å²) in [6, 6.07) is 1.31. The molecule has 0 saturated carbocycles. The van der Waals surface area contributed by atoms with Crippen LogP contribution in [0.1, 0.15) is 12.5 Å². The van der Waals surface area contributed by atoms with E-state index in [1.807, 2.05) is 0 Å². The molecule has 1 radical (unpaired) electrons. The van der Waals surface area contributed by atoms with Crippen LogP contribution in [0.25, 0.3) is 11.2 Å². The number of hydrogen-bond acceptors (Lipinski definition) is 15. The molecular weight excluding hydrogens is 484 g/mol. The second kappa shape index (κ2) is 9.30. The summed E-state index contributed by atoms with van der Waals surface area (Å²) in [5.74, 6) is 0.0722. The van der Waals surface area contributed by atoms with Crippen molar-refractivity contribution in [1.82, 2.24) is 29.1 Å². The van der Waals surface area contributed by atoms with Crippen molar-refractivity contribution in [2.24, 2.45) is 0 Å². The largest absolute Gasteiger partial charge is 0.387 e. The molecule has 3 aromatic rings. The number of aromatic nitrogens is 6. The molecule has 0 aliphatic carbocycles. The molecule has 17 nitrogen and oxygen atoms in total. The molecule has 2 fully saturated rings. The Bertz CT molecular complexity index is 1300. The number of anilines is 2. The van der Waals surface area contributed by atoms with Gasteiger partial charge in [-0.2, -0.15) is 4.98 Å². The minimum Gasteiger partial charge on any atom is -0.387 e. The number of nitrogens with zero attached hydrogens (tertiary/aromatic N) is 6. The lowest BCUT2D eigenvalue weighted by Crippen LogP contribution is -2.41. The molecule has 3 aromatic heterocycles. The van der Waals surface area contributed by atoms with Crippen LogP contribution in [0.5, 0.6) is 0 Å². The van der Waals surface area contributed by atoms with Crippen LogP contribution in [0, 0.1) is 6.61 Å². The molecule has 36 heavy (non-hydrogen) atoms. The number of aliphatic hydroxyl groups excluding tert-OH is 5. The number of fused-ring (bicyclic) bond motifs is 1. The Labute approximate surface area is 201 Å². The van der Waals surface area contributed by atoms with Gasteiger partial charge in [-0.3, -0.25) is 9.13 Å². The lowest BCUT2D eigenvalue weighted by atomic mass is 10.1. The second-order valence-corrected chi connectivity index (χ2v) is 8.23. The van der Waals surface area contributed by atoms with Crippen molar-refractivity contribution in [2.45, 2.75) is 55.4 Å². The van der Waals surface area contributed by atoms with Gasteiger partial charge in [0, 0.05) is 6.20 Å². The number of aliphatic hydroxyl groups is 5. The highest BCUT2D eigenvalue weighted by molar-refractivity contribution is 5.81. The highest BCUT2D eigenvalue weighted by atomic mass is 16.7. The molecule has 193 valence electrons. The second-order valence-electron chi connectivity index (χ2n) is 8.23. The molecule has 2 saturated heterocycles. The molecule has 5 rings (SSSR count). The molecule has 1 unspecified atom stereocenters. The molecule has 9 atom stereocenters. The molecule has 9 N–H and O–H groups in total. The molecule has 0 bridgehead atoms. The molecule has 0 amide bonds. The van der Waals surface area contributed by atoms with E-state index < -0.39 is 61.1 Å². The summed E-state index contributed by atoms with van der Waals surface area (Å²) in [5.41, 5.74) is 10.9. The van der Waals surface area contributed by atoms with Gasteiger partial charge in [0.15, 0.2) is 30.2 Å². The van der Waals surface area contributed by atoms with Crippen LogP contribution in [-0.4, -0.2) is 97.5 Å². The van der Waals surface area contributed by atoms with E-state index in [0.29, 0.717) is 0 Å². The van der Waals surface area contributed by atoms with Crippen LogP contribution in [0.15, 0.2) is 29.7 Å². The zero-order valence-corrected chi connectivity index (χ0v) is 18.3. The SMILES string of the molecule is Nc1ccn([C@@H]2O[C@H]([CH]OC(O)[C@H]3O[C@@H](n4cnc5c(N)ncnc54)[C@H](O)[C@@H]3O)[C@@H](O)[C@H]2O)c(=O)n1. The van der Waals surface area contributed by atoms with Crippen molar-refractivity contribution in [3.05, 3.63) is 42.0 Å². The van der Waals surface area contributed by atoms with E-state index >= 15 is 0 Å². The van der Waals surface area contributed by atoms with E-state index in [2.05, 4.69) is 19.9 Å². The highest BCUT2D eigenvalue weighted by Gasteiger charge is 2.49. The van der Waals surface area contributed by atoms with Crippen LogP contribution in [-0.2, 0) is 14.2 Å². The fourth-order valence-electron chi connectivity index (χ4n) is 4.09. The van der Waals surface area contributed by atoms with E-state index in [1.54, 1.807) is 0 Å². The summed E-state index contributed by atoms with van der Waals surface area (Å²) in [6.45, 7) is 0.880. The van der Waals surface area contributed by atoms with E-state index in [4.69, 9.17) is 25.7 Å². The Morgan fingerprint density at radius 3 is 2.47 bits per heavy atom. The number of imidazole rings is 1. The average molecular weight is 507 g/mol. The Balaban J connectivity index is 1.25. The predicted octanol–water partition coefficient (Wildman–Crippen LogP) is -4.02. The highest BCUT2D eigenvalue weighted by Crippen LogP contribution is 2.35. The first-order chi connectivity index (χ1) is 17.2. The van der Waals surface area contributed by atoms with Gasteiger partial charge >= 0.3 is 5.69 Å². The van der Waals surface area contributed by atoms with Gasteiger partial charge in [0.25, 0.3) is 0 Å². The fraction of sp³-hybridized carbons (Fsp3) is 0.474. The van der Waals surface area contributed by atoms with Crippen molar-refractivity contribution in [2.75, 3.05) is 11.5 Å². The summed E-state index contributed by atoms with van der Waals surface area (Å²) in [6.07, 6.45) is -9.54. The van der Waals surface area contributed by atoms with Crippen molar-refractivity contribution < 1.29 is 39.7 Å². The van der Waals surface area contributed by atoms with Gasteiger partial charge in [-0.1, -0.05) is 0 Å². The zero-order valence-electron chi connectivity index (χ0n) is 18.3. The van der Waals surface area contributed by atoms with Gasteiger partial charge in [-0.15, -0.1) is 0 Å². The minimum absolute atomic E-state index is 0.0333. The Hall–Kier alpha value is -3.29.